The van der Waals surface area contributed by atoms with Gasteiger partial charge < -0.3 is 15.7 Å². The van der Waals surface area contributed by atoms with Gasteiger partial charge in [0.25, 0.3) is 0 Å². The third-order valence-electron chi connectivity index (χ3n) is 4.55. The molecule has 0 aromatic heterocycles. The minimum Gasteiger partial charge on any atom is -0.396 e. The van der Waals surface area contributed by atoms with E-state index in [0.717, 1.165) is 23.8 Å². The molecule has 4 nitrogen and oxygen atoms in total. The second-order valence-corrected chi connectivity index (χ2v) is 6.28. The van der Waals surface area contributed by atoms with E-state index in [-0.39, 0.29) is 24.1 Å². The molecule has 0 saturated heterocycles. The maximum absolute atomic E-state index is 12.0. The summed E-state index contributed by atoms with van der Waals surface area (Å²) in [6.07, 6.45) is 1.98. The number of hydrogen-bond donors (Lipinski definition) is 3. The fourth-order valence-electron chi connectivity index (χ4n) is 2.79. The molecule has 2 amide bonds. The number of benzene rings is 2. The normalized spacial score (nSPS) is 17.0. The Hall–Kier alpha value is -2.07. The first-order valence-corrected chi connectivity index (χ1v) is 7.76. The molecule has 1 atom stereocenters. The standard InChI is InChI=1S/C18H22N2O2/c1-13(20-17(22)19-11-18(12-21)9-10-18)15-8-4-6-14-5-2-3-7-16(14)15/h2-8,13,21H,9-12H2,1H3,(H2,19,20,22). The first-order valence-electron chi connectivity index (χ1n) is 7.76. The molecule has 0 aliphatic heterocycles. The van der Waals surface area contributed by atoms with Crippen molar-refractivity contribution >= 4 is 16.8 Å². The first-order chi connectivity index (χ1) is 10.6. The summed E-state index contributed by atoms with van der Waals surface area (Å²) in [5.41, 5.74) is 1.04. The number of hydrogen-bond acceptors (Lipinski definition) is 2. The van der Waals surface area contributed by atoms with Crippen LogP contribution in [-0.2, 0) is 0 Å². The van der Waals surface area contributed by atoms with Gasteiger partial charge in [-0.1, -0.05) is 42.5 Å². The lowest BCUT2D eigenvalue weighted by Crippen LogP contribution is -2.40. The number of rotatable bonds is 5. The summed E-state index contributed by atoms with van der Waals surface area (Å²) in [6, 6.07) is 14.1. The van der Waals surface area contributed by atoms with Crippen LogP contribution in [-0.4, -0.2) is 24.3 Å². The van der Waals surface area contributed by atoms with Gasteiger partial charge in [0.1, 0.15) is 0 Å². The quantitative estimate of drug-likeness (QED) is 0.794. The van der Waals surface area contributed by atoms with Crippen LogP contribution in [0.15, 0.2) is 42.5 Å². The monoisotopic (exact) mass is 298 g/mol. The summed E-state index contributed by atoms with van der Waals surface area (Å²) in [5, 5.41) is 17.5. The fourth-order valence-corrected chi connectivity index (χ4v) is 2.79. The van der Waals surface area contributed by atoms with Gasteiger partial charge in [-0.15, -0.1) is 0 Å². The number of carbonyl (C=O) groups is 1. The van der Waals surface area contributed by atoms with Gasteiger partial charge in [-0.3, -0.25) is 0 Å². The number of nitrogens with one attached hydrogen (secondary N) is 2. The molecule has 0 radical (unpaired) electrons. The second kappa shape index (κ2) is 5.97. The Morgan fingerprint density at radius 2 is 1.95 bits per heavy atom. The van der Waals surface area contributed by atoms with Crippen molar-refractivity contribution in [3.05, 3.63) is 48.0 Å². The fraction of sp³-hybridized carbons (Fsp3) is 0.389. The van der Waals surface area contributed by atoms with Crippen LogP contribution in [0.5, 0.6) is 0 Å². The highest BCUT2D eigenvalue weighted by atomic mass is 16.3. The summed E-state index contributed by atoms with van der Waals surface area (Å²) >= 11 is 0. The van der Waals surface area contributed by atoms with Crippen molar-refractivity contribution < 1.29 is 9.90 Å². The maximum Gasteiger partial charge on any atom is 0.315 e. The van der Waals surface area contributed by atoms with Crippen molar-refractivity contribution in [3.8, 4) is 0 Å². The third-order valence-corrected chi connectivity index (χ3v) is 4.55. The lowest BCUT2D eigenvalue weighted by atomic mass is 10.00. The maximum atomic E-state index is 12.0. The van der Waals surface area contributed by atoms with E-state index in [1.54, 1.807) is 0 Å². The largest absolute Gasteiger partial charge is 0.396 e. The molecule has 1 unspecified atom stereocenters. The SMILES string of the molecule is CC(NC(=O)NCC1(CO)CC1)c1cccc2ccccc12. The molecule has 1 aliphatic rings. The van der Waals surface area contributed by atoms with Gasteiger partial charge in [-0.05, 0) is 36.1 Å². The van der Waals surface area contributed by atoms with Crippen LogP contribution < -0.4 is 10.6 Å². The summed E-state index contributed by atoms with van der Waals surface area (Å²) in [7, 11) is 0. The number of fused-ring (bicyclic) bond motifs is 1. The number of amides is 2. The molecule has 2 aromatic rings. The number of carbonyl (C=O) groups excluding carboxylic acids is 1. The first kappa shape index (κ1) is 14.9. The van der Waals surface area contributed by atoms with E-state index in [2.05, 4.69) is 28.8 Å². The highest BCUT2D eigenvalue weighted by molar-refractivity contribution is 5.86. The van der Waals surface area contributed by atoms with Gasteiger partial charge in [-0.2, -0.15) is 0 Å². The topological polar surface area (TPSA) is 61.4 Å². The Labute approximate surface area is 130 Å². The molecular formula is C18H22N2O2. The van der Waals surface area contributed by atoms with Crippen LogP contribution in [0.4, 0.5) is 4.79 Å². The van der Waals surface area contributed by atoms with E-state index in [4.69, 9.17) is 0 Å². The van der Waals surface area contributed by atoms with Crippen LogP contribution in [0.25, 0.3) is 10.8 Å². The molecule has 0 bridgehead atoms. The predicted molar refractivity (Wildman–Crippen MR) is 87.7 cm³/mol. The van der Waals surface area contributed by atoms with Crippen molar-refractivity contribution in [1.29, 1.82) is 0 Å². The molecule has 1 fully saturated rings. The smallest absolute Gasteiger partial charge is 0.315 e. The molecule has 22 heavy (non-hydrogen) atoms. The summed E-state index contributed by atoms with van der Waals surface area (Å²) in [6.45, 7) is 2.67. The zero-order chi connectivity index (χ0) is 15.6. The molecule has 0 heterocycles. The highest BCUT2D eigenvalue weighted by Crippen LogP contribution is 2.44. The Morgan fingerprint density at radius 1 is 1.23 bits per heavy atom. The van der Waals surface area contributed by atoms with Crippen molar-refractivity contribution in [2.24, 2.45) is 5.41 Å². The molecule has 1 aliphatic carbocycles. The van der Waals surface area contributed by atoms with Crippen molar-refractivity contribution in [1.82, 2.24) is 10.6 Å². The summed E-state index contributed by atoms with van der Waals surface area (Å²) in [5.74, 6) is 0. The molecule has 1 saturated carbocycles. The van der Waals surface area contributed by atoms with Gasteiger partial charge in [0.2, 0.25) is 0 Å². The average molecular weight is 298 g/mol. The van der Waals surface area contributed by atoms with E-state index in [9.17, 15) is 9.90 Å². The van der Waals surface area contributed by atoms with Crippen molar-refractivity contribution in [2.45, 2.75) is 25.8 Å². The summed E-state index contributed by atoms with van der Waals surface area (Å²) < 4.78 is 0. The number of urea groups is 1. The zero-order valence-corrected chi connectivity index (χ0v) is 12.8. The van der Waals surface area contributed by atoms with Crippen molar-refractivity contribution in [2.75, 3.05) is 13.2 Å². The molecular weight excluding hydrogens is 276 g/mol. The van der Waals surface area contributed by atoms with E-state index < -0.39 is 0 Å². The van der Waals surface area contributed by atoms with Crippen LogP contribution in [0.1, 0.15) is 31.4 Å². The minimum absolute atomic E-state index is 0.0694. The number of aliphatic hydroxyl groups is 1. The second-order valence-electron chi connectivity index (χ2n) is 6.28. The van der Waals surface area contributed by atoms with Gasteiger partial charge >= 0.3 is 6.03 Å². The molecule has 116 valence electrons. The van der Waals surface area contributed by atoms with Gasteiger partial charge in [0, 0.05) is 12.0 Å². The predicted octanol–water partition coefficient (Wildman–Crippen LogP) is 2.97. The average Bonchev–Trinajstić information content (AvgIpc) is 3.33. The van der Waals surface area contributed by atoms with Crippen LogP contribution >= 0.6 is 0 Å². The summed E-state index contributed by atoms with van der Waals surface area (Å²) in [4.78, 5) is 12.0. The Kier molecular flexibility index (Phi) is 4.03. The van der Waals surface area contributed by atoms with Gasteiger partial charge in [0.05, 0.1) is 12.6 Å². The molecule has 2 aromatic carbocycles. The van der Waals surface area contributed by atoms with Gasteiger partial charge in [0.15, 0.2) is 0 Å². The van der Waals surface area contributed by atoms with E-state index in [0.29, 0.717) is 6.54 Å². The highest BCUT2D eigenvalue weighted by Gasteiger charge is 2.42. The van der Waals surface area contributed by atoms with Crippen LogP contribution in [0, 0.1) is 5.41 Å². The lowest BCUT2D eigenvalue weighted by molar-refractivity contribution is 0.202. The van der Waals surface area contributed by atoms with E-state index in [1.165, 1.54) is 5.39 Å². The van der Waals surface area contributed by atoms with E-state index >= 15 is 0 Å². The molecule has 3 N–H and O–H groups in total. The Bertz CT molecular complexity index is 674. The molecule has 0 spiro atoms. The van der Waals surface area contributed by atoms with Crippen molar-refractivity contribution in [3.63, 3.8) is 0 Å². The Morgan fingerprint density at radius 3 is 2.68 bits per heavy atom. The number of aliphatic hydroxyl groups excluding tert-OH is 1. The third kappa shape index (κ3) is 3.07. The van der Waals surface area contributed by atoms with Crippen LogP contribution in [0.3, 0.4) is 0 Å². The molecule has 3 rings (SSSR count). The minimum atomic E-state index is -0.180. The zero-order valence-electron chi connectivity index (χ0n) is 12.8. The van der Waals surface area contributed by atoms with Crippen LogP contribution in [0.2, 0.25) is 0 Å². The Balaban J connectivity index is 1.65. The van der Waals surface area contributed by atoms with E-state index in [1.807, 2.05) is 31.2 Å². The molecule has 4 heteroatoms. The lowest BCUT2D eigenvalue weighted by Gasteiger charge is -2.19. The van der Waals surface area contributed by atoms with Gasteiger partial charge in [-0.25, -0.2) is 4.79 Å².